The number of benzene rings is 1. The molecule has 0 amide bonds. The summed E-state index contributed by atoms with van der Waals surface area (Å²) in [5, 5.41) is 10.2. The minimum atomic E-state index is 0.663. The monoisotopic (exact) mass is 362 g/mol. The predicted molar refractivity (Wildman–Crippen MR) is 103 cm³/mol. The summed E-state index contributed by atoms with van der Waals surface area (Å²) in [6, 6.07) is 16.2. The largest absolute Gasteiger partial charge is 0.342 e. The highest BCUT2D eigenvalue weighted by Crippen LogP contribution is 2.27. The summed E-state index contributed by atoms with van der Waals surface area (Å²) in [4.78, 5) is 10.9. The average Bonchev–Trinajstić information content (AvgIpc) is 3.34. The zero-order chi connectivity index (χ0) is 17.8. The van der Waals surface area contributed by atoms with Crippen molar-refractivity contribution in [3.8, 4) is 10.7 Å². The van der Waals surface area contributed by atoms with Gasteiger partial charge in [0.15, 0.2) is 5.01 Å². The van der Waals surface area contributed by atoms with Crippen LogP contribution in [0.2, 0.25) is 0 Å². The molecule has 0 saturated carbocycles. The van der Waals surface area contributed by atoms with Crippen molar-refractivity contribution in [2.24, 2.45) is 0 Å². The van der Waals surface area contributed by atoms with Gasteiger partial charge < -0.3 is 9.47 Å². The van der Waals surface area contributed by atoms with Crippen LogP contribution < -0.4 is 4.90 Å². The minimum absolute atomic E-state index is 0.663. The van der Waals surface area contributed by atoms with Crippen LogP contribution in [-0.2, 0) is 13.1 Å². The van der Waals surface area contributed by atoms with Crippen molar-refractivity contribution in [2.75, 3.05) is 11.9 Å². The van der Waals surface area contributed by atoms with Crippen LogP contribution in [0.25, 0.3) is 10.7 Å². The highest BCUT2D eigenvalue weighted by Gasteiger charge is 2.13. The molecule has 7 heteroatoms. The standard InChI is InChI=1S/C19H18N6S/c1-24(19-23-22-18(26-19)16-9-5-6-10-20-16)14-17-21-11-12-25(17)13-15-7-3-2-4-8-15/h2-12H,13-14H2,1H3. The third-order valence-electron chi connectivity index (χ3n) is 4.00. The Morgan fingerprint density at radius 2 is 1.81 bits per heavy atom. The lowest BCUT2D eigenvalue weighted by Crippen LogP contribution is -2.19. The van der Waals surface area contributed by atoms with Crippen molar-refractivity contribution >= 4 is 16.5 Å². The van der Waals surface area contributed by atoms with E-state index >= 15 is 0 Å². The van der Waals surface area contributed by atoms with Crippen molar-refractivity contribution in [3.05, 3.63) is 78.5 Å². The van der Waals surface area contributed by atoms with Crippen LogP contribution >= 0.6 is 11.3 Å². The Balaban J connectivity index is 1.48. The molecule has 0 aliphatic carbocycles. The summed E-state index contributed by atoms with van der Waals surface area (Å²) >= 11 is 1.53. The molecule has 3 heterocycles. The topological polar surface area (TPSA) is 59.7 Å². The maximum absolute atomic E-state index is 4.51. The molecule has 0 atom stereocenters. The van der Waals surface area contributed by atoms with E-state index in [9.17, 15) is 0 Å². The Morgan fingerprint density at radius 3 is 2.62 bits per heavy atom. The van der Waals surface area contributed by atoms with E-state index in [1.165, 1.54) is 16.9 Å². The Morgan fingerprint density at radius 1 is 0.962 bits per heavy atom. The van der Waals surface area contributed by atoms with Gasteiger partial charge in [-0.1, -0.05) is 47.7 Å². The number of rotatable bonds is 6. The highest BCUT2D eigenvalue weighted by atomic mass is 32.1. The number of nitrogens with zero attached hydrogens (tertiary/aromatic N) is 6. The molecular formula is C19H18N6S. The summed E-state index contributed by atoms with van der Waals surface area (Å²) in [5.41, 5.74) is 2.10. The molecule has 0 fully saturated rings. The summed E-state index contributed by atoms with van der Waals surface area (Å²) in [5.74, 6) is 0.992. The van der Waals surface area contributed by atoms with E-state index in [0.717, 1.165) is 28.2 Å². The summed E-state index contributed by atoms with van der Waals surface area (Å²) in [7, 11) is 2.00. The molecule has 6 nitrogen and oxygen atoms in total. The number of imidazole rings is 1. The van der Waals surface area contributed by atoms with Gasteiger partial charge in [0.2, 0.25) is 5.13 Å². The lowest BCUT2D eigenvalue weighted by Gasteiger charge is -2.16. The molecule has 1 aromatic carbocycles. The zero-order valence-electron chi connectivity index (χ0n) is 14.4. The normalized spacial score (nSPS) is 10.8. The first kappa shape index (κ1) is 16.4. The van der Waals surface area contributed by atoms with E-state index < -0.39 is 0 Å². The van der Waals surface area contributed by atoms with Crippen molar-refractivity contribution in [3.63, 3.8) is 0 Å². The molecule has 0 radical (unpaired) electrons. The van der Waals surface area contributed by atoms with Gasteiger partial charge in [0.1, 0.15) is 11.5 Å². The lowest BCUT2D eigenvalue weighted by molar-refractivity contribution is 0.705. The van der Waals surface area contributed by atoms with Gasteiger partial charge in [0.25, 0.3) is 0 Å². The first-order valence-corrected chi connectivity index (χ1v) is 9.11. The van der Waals surface area contributed by atoms with Crippen LogP contribution in [0.5, 0.6) is 0 Å². The fourth-order valence-electron chi connectivity index (χ4n) is 2.66. The van der Waals surface area contributed by atoms with Gasteiger partial charge in [0, 0.05) is 32.2 Å². The van der Waals surface area contributed by atoms with Gasteiger partial charge in [-0.3, -0.25) is 4.98 Å². The number of aromatic nitrogens is 5. The summed E-state index contributed by atoms with van der Waals surface area (Å²) < 4.78 is 2.16. The van der Waals surface area contributed by atoms with E-state index in [4.69, 9.17) is 0 Å². The van der Waals surface area contributed by atoms with Crippen molar-refractivity contribution < 1.29 is 0 Å². The van der Waals surface area contributed by atoms with Crippen molar-refractivity contribution in [1.29, 1.82) is 0 Å². The number of anilines is 1. The maximum Gasteiger partial charge on any atom is 0.208 e. The third-order valence-corrected chi connectivity index (χ3v) is 5.06. The Bertz CT molecular complexity index is 964. The first-order chi connectivity index (χ1) is 12.8. The van der Waals surface area contributed by atoms with Gasteiger partial charge in [-0.2, -0.15) is 0 Å². The van der Waals surface area contributed by atoms with Gasteiger partial charge >= 0.3 is 0 Å². The molecule has 0 bridgehead atoms. The minimum Gasteiger partial charge on any atom is -0.342 e. The lowest BCUT2D eigenvalue weighted by atomic mass is 10.2. The smallest absolute Gasteiger partial charge is 0.208 e. The average molecular weight is 362 g/mol. The predicted octanol–water partition coefficient (Wildman–Crippen LogP) is 3.48. The SMILES string of the molecule is CN(Cc1nccn1Cc1ccccc1)c1nnc(-c2ccccn2)s1. The molecule has 0 N–H and O–H groups in total. The van der Waals surface area contributed by atoms with E-state index in [2.05, 4.69) is 53.9 Å². The van der Waals surface area contributed by atoms with Crippen molar-refractivity contribution in [2.45, 2.75) is 13.1 Å². The number of hydrogen-bond donors (Lipinski definition) is 0. The molecule has 4 rings (SSSR count). The fraction of sp³-hybridized carbons (Fsp3) is 0.158. The van der Waals surface area contributed by atoms with Gasteiger partial charge in [-0.05, 0) is 17.7 Å². The summed E-state index contributed by atoms with van der Waals surface area (Å²) in [6.07, 6.45) is 5.61. The Kier molecular flexibility index (Phi) is 4.70. The van der Waals surface area contributed by atoms with Gasteiger partial charge in [-0.15, -0.1) is 10.2 Å². The molecular weight excluding hydrogens is 344 g/mol. The second kappa shape index (κ2) is 7.45. The molecule has 26 heavy (non-hydrogen) atoms. The molecule has 0 aliphatic rings. The van der Waals surface area contributed by atoms with Gasteiger partial charge in [0.05, 0.1) is 6.54 Å². The molecule has 0 spiro atoms. The highest BCUT2D eigenvalue weighted by molar-refractivity contribution is 7.18. The quantitative estimate of drug-likeness (QED) is 0.525. The maximum atomic E-state index is 4.51. The van der Waals surface area contributed by atoms with Gasteiger partial charge in [-0.25, -0.2) is 4.98 Å². The Labute approximate surface area is 155 Å². The zero-order valence-corrected chi connectivity index (χ0v) is 15.2. The van der Waals surface area contributed by atoms with Crippen LogP contribution in [0.3, 0.4) is 0 Å². The molecule has 0 saturated heterocycles. The van der Waals surface area contributed by atoms with Crippen LogP contribution in [0.15, 0.2) is 67.1 Å². The van der Waals surface area contributed by atoms with Crippen LogP contribution in [-0.4, -0.2) is 31.8 Å². The van der Waals surface area contributed by atoms with E-state index in [1.54, 1.807) is 6.20 Å². The van der Waals surface area contributed by atoms with E-state index in [1.807, 2.05) is 43.7 Å². The molecule has 0 aliphatic heterocycles. The number of hydrogen-bond acceptors (Lipinski definition) is 6. The van der Waals surface area contributed by atoms with E-state index in [0.29, 0.717) is 6.54 Å². The second-order valence-corrected chi connectivity index (χ2v) is 6.87. The van der Waals surface area contributed by atoms with Crippen molar-refractivity contribution in [1.82, 2.24) is 24.7 Å². The fourth-order valence-corrected chi connectivity index (χ4v) is 3.44. The molecule has 4 aromatic rings. The molecule has 0 unspecified atom stereocenters. The van der Waals surface area contributed by atoms with Crippen LogP contribution in [0.4, 0.5) is 5.13 Å². The third kappa shape index (κ3) is 3.62. The number of pyridine rings is 1. The van der Waals surface area contributed by atoms with E-state index in [-0.39, 0.29) is 0 Å². The molecule has 3 aromatic heterocycles. The second-order valence-electron chi connectivity index (χ2n) is 5.92. The molecule has 130 valence electrons. The first-order valence-electron chi connectivity index (χ1n) is 8.29. The van der Waals surface area contributed by atoms with Crippen LogP contribution in [0.1, 0.15) is 11.4 Å². The summed E-state index contributed by atoms with van der Waals surface area (Å²) in [6.45, 7) is 1.47. The Hall–Kier alpha value is -3.06. The van der Waals surface area contributed by atoms with Crippen LogP contribution in [0, 0.1) is 0 Å².